The van der Waals surface area contributed by atoms with Crippen LogP contribution < -0.4 is 10.2 Å². The van der Waals surface area contributed by atoms with Crippen molar-refractivity contribution in [1.29, 1.82) is 0 Å². The minimum Gasteiger partial charge on any atom is -0.318 e. The first-order valence-corrected chi connectivity index (χ1v) is 12.1. The first-order chi connectivity index (χ1) is 16.8. The molecule has 35 heavy (non-hydrogen) atoms. The van der Waals surface area contributed by atoms with Gasteiger partial charge >= 0.3 is 6.03 Å². The molecule has 4 rings (SSSR count). The van der Waals surface area contributed by atoms with Gasteiger partial charge in [-0.1, -0.05) is 44.5 Å². The molecule has 6 nitrogen and oxygen atoms in total. The Morgan fingerprint density at radius 1 is 0.857 bits per heavy atom. The molecule has 1 fully saturated rings. The van der Waals surface area contributed by atoms with E-state index in [9.17, 15) is 14.4 Å². The number of aromatic nitrogens is 1. The third-order valence-electron chi connectivity index (χ3n) is 6.49. The SMILES string of the molecule is CCCCc1ccc(-n2c(C)cc(/C=C3/C(=O)NC(=O)N(c4ccc(CC)cc4)C3=O)c2C)cc1. The Balaban J connectivity index is 1.67. The summed E-state index contributed by atoms with van der Waals surface area (Å²) in [7, 11) is 0. The van der Waals surface area contributed by atoms with Gasteiger partial charge in [-0.2, -0.15) is 0 Å². The molecule has 1 saturated heterocycles. The van der Waals surface area contributed by atoms with Gasteiger partial charge in [-0.25, -0.2) is 9.69 Å². The summed E-state index contributed by atoms with van der Waals surface area (Å²) in [5.74, 6) is -1.32. The van der Waals surface area contributed by atoms with E-state index in [2.05, 4.69) is 41.1 Å². The maximum Gasteiger partial charge on any atom is 0.335 e. The van der Waals surface area contributed by atoms with Crippen molar-refractivity contribution < 1.29 is 14.4 Å². The molecule has 2 aromatic carbocycles. The topological polar surface area (TPSA) is 71.4 Å². The van der Waals surface area contributed by atoms with Crippen molar-refractivity contribution in [3.8, 4) is 5.69 Å². The number of unbranched alkanes of at least 4 members (excludes halogenated alkanes) is 1. The fraction of sp³-hybridized carbons (Fsp3) is 0.276. The van der Waals surface area contributed by atoms with E-state index in [-0.39, 0.29) is 5.57 Å². The fourth-order valence-electron chi connectivity index (χ4n) is 4.45. The zero-order valence-corrected chi connectivity index (χ0v) is 20.7. The minimum atomic E-state index is -0.741. The number of nitrogens with one attached hydrogen (secondary N) is 1. The Bertz CT molecular complexity index is 1300. The lowest BCUT2D eigenvalue weighted by Crippen LogP contribution is -2.54. The number of hydrogen-bond acceptors (Lipinski definition) is 3. The van der Waals surface area contributed by atoms with Crippen molar-refractivity contribution in [1.82, 2.24) is 9.88 Å². The number of urea groups is 1. The summed E-state index contributed by atoms with van der Waals surface area (Å²) < 4.78 is 2.10. The summed E-state index contributed by atoms with van der Waals surface area (Å²) in [4.78, 5) is 39.4. The Labute approximate surface area is 206 Å². The zero-order valence-electron chi connectivity index (χ0n) is 20.7. The number of rotatable bonds is 7. The van der Waals surface area contributed by atoms with Crippen LogP contribution in [0, 0.1) is 13.8 Å². The molecule has 3 aromatic rings. The fourth-order valence-corrected chi connectivity index (χ4v) is 4.45. The van der Waals surface area contributed by atoms with Gasteiger partial charge in [0, 0.05) is 17.1 Å². The lowest BCUT2D eigenvalue weighted by Gasteiger charge is -2.26. The molecule has 0 radical (unpaired) electrons. The van der Waals surface area contributed by atoms with Crippen LogP contribution in [-0.4, -0.2) is 22.4 Å². The highest BCUT2D eigenvalue weighted by atomic mass is 16.2. The summed E-state index contributed by atoms with van der Waals surface area (Å²) in [6.07, 6.45) is 5.81. The van der Waals surface area contributed by atoms with Gasteiger partial charge in [0.05, 0.1) is 5.69 Å². The van der Waals surface area contributed by atoms with Crippen LogP contribution in [0.4, 0.5) is 10.5 Å². The standard InChI is InChI=1S/C29H31N3O3/c1-5-7-8-22-11-15-24(16-12-22)31-19(3)17-23(20(31)4)18-26-27(33)30-29(35)32(28(26)34)25-13-9-21(6-2)10-14-25/h9-18H,5-8H2,1-4H3,(H,30,33,35)/b26-18-. The summed E-state index contributed by atoms with van der Waals surface area (Å²) in [6, 6.07) is 16.9. The molecule has 4 amide bonds. The largest absolute Gasteiger partial charge is 0.335 e. The number of benzene rings is 2. The molecule has 1 N–H and O–H groups in total. The van der Waals surface area contributed by atoms with Crippen LogP contribution in [-0.2, 0) is 22.4 Å². The Kier molecular flexibility index (Phi) is 7.01. The van der Waals surface area contributed by atoms with E-state index >= 15 is 0 Å². The van der Waals surface area contributed by atoms with Crippen LogP contribution in [0.3, 0.4) is 0 Å². The van der Waals surface area contributed by atoms with Gasteiger partial charge < -0.3 is 4.57 Å². The monoisotopic (exact) mass is 469 g/mol. The van der Waals surface area contributed by atoms with E-state index in [0.29, 0.717) is 5.69 Å². The van der Waals surface area contributed by atoms with Crippen molar-refractivity contribution in [2.24, 2.45) is 0 Å². The first kappa shape index (κ1) is 24.2. The molecule has 6 heteroatoms. The molecule has 2 heterocycles. The lowest BCUT2D eigenvalue weighted by molar-refractivity contribution is -0.122. The summed E-state index contributed by atoms with van der Waals surface area (Å²) >= 11 is 0. The number of anilines is 1. The van der Waals surface area contributed by atoms with Gasteiger partial charge in [0.1, 0.15) is 5.57 Å². The number of hydrogen-bond donors (Lipinski definition) is 1. The Morgan fingerprint density at radius 3 is 2.11 bits per heavy atom. The molecule has 0 spiro atoms. The quantitative estimate of drug-likeness (QED) is 0.358. The number of imide groups is 2. The Hall–Kier alpha value is -3.93. The average molecular weight is 470 g/mol. The molecule has 180 valence electrons. The van der Waals surface area contributed by atoms with Gasteiger partial charge in [0.25, 0.3) is 11.8 Å². The summed E-state index contributed by atoms with van der Waals surface area (Å²) in [5, 5.41) is 2.30. The van der Waals surface area contributed by atoms with Gasteiger partial charge in [-0.3, -0.25) is 14.9 Å². The van der Waals surface area contributed by atoms with E-state index < -0.39 is 17.8 Å². The number of aryl methyl sites for hydroxylation is 3. The molecule has 1 aliphatic heterocycles. The van der Waals surface area contributed by atoms with Crippen LogP contribution in [0.15, 0.2) is 60.2 Å². The normalized spacial score (nSPS) is 15.1. The molecule has 1 aromatic heterocycles. The van der Waals surface area contributed by atoms with E-state index in [1.54, 1.807) is 18.2 Å². The van der Waals surface area contributed by atoms with Crippen LogP contribution >= 0.6 is 0 Å². The summed E-state index contributed by atoms with van der Waals surface area (Å²) in [5.41, 5.74) is 6.44. The van der Waals surface area contributed by atoms with Crippen molar-refractivity contribution in [2.75, 3.05) is 4.90 Å². The second kappa shape index (κ2) is 10.1. The number of carbonyl (C=O) groups excluding carboxylic acids is 3. The van der Waals surface area contributed by atoms with Crippen molar-refractivity contribution >= 4 is 29.6 Å². The van der Waals surface area contributed by atoms with Crippen molar-refractivity contribution in [3.05, 3.63) is 88.2 Å². The van der Waals surface area contributed by atoms with Crippen molar-refractivity contribution in [2.45, 2.75) is 53.4 Å². The molecular weight excluding hydrogens is 438 g/mol. The molecule has 1 aliphatic rings. The second-order valence-electron chi connectivity index (χ2n) is 8.91. The molecule has 0 bridgehead atoms. The maximum atomic E-state index is 13.3. The van der Waals surface area contributed by atoms with Gasteiger partial charge in [-0.15, -0.1) is 0 Å². The minimum absolute atomic E-state index is 0.0701. The van der Waals surface area contributed by atoms with Crippen LogP contribution in [0.5, 0.6) is 0 Å². The smallest absolute Gasteiger partial charge is 0.318 e. The molecular formula is C29H31N3O3. The highest BCUT2D eigenvalue weighted by Crippen LogP contribution is 2.26. The number of carbonyl (C=O) groups is 3. The average Bonchev–Trinajstić information content (AvgIpc) is 3.13. The molecule has 0 atom stereocenters. The van der Waals surface area contributed by atoms with Crippen LogP contribution in [0.2, 0.25) is 0 Å². The Morgan fingerprint density at radius 2 is 1.49 bits per heavy atom. The number of amides is 4. The third kappa shape index (κ3) is 4.83. The second-order valence-corrected chi connectivity index (χ2v) is 8.91. The molecule has 0 saturated carbocycles. The maximum absolute atomic E-state index is 13.3. The number of barbiturate groups is 1. The molecule has 0 unspecified atom stereocenters. The van der Waals surface area contributed by atoms with E-state index in [1.807, 2.05) is 39.0 Å². The van der Waals surface area contributed by atoms with E-state index in [1.165, 1.54) is 5.56 Å². The van der Waals surface area contributed by atoms with E-state index in [4.69, 9.17) is 0 Å². The molecule has 0 aliphatic carbocycles. The van der Waals surface area contributed by atoms with Gasteiger partial charge in [0.2, 0.25) is 0 Å². The predicted molar refractivity (Wildman–Crippen MR) is 139 cm³/mol. The highest BCUT2D eigenvalue weighted by molar-refractivity contribution is 6.39. The van der Waals surface area contributed by atoms with Gasteiger partial charge in [-0.05, 0) is 86.2 Å². The van der Waals surface area contributed by atoms with E-state index in [0.717, 1.165) is 58.8 Å². The number of nitrogens with zero attached hydrogens (tertiary/aromatic N) is 2. The zero-order chi connectivity index (χ0) is 25.1. The van der Waals surface area contributed by atoms with Crippen LogP contribution in [0.1, 0.15) is 54.8 Å². The lowest BCUT2D eigenvalue weighted by atomic mass is 10.1. The predicted octanol–water partition coefficient (Wildman–Crippen LogP) is 5.67. The third-order valence-corrected chi connectivity index (χ3v) is 6.49. The van der Waals surface area contributed by atoms with Gasteiger partial charge in [0.15, 0.2) is 0 Å². The first-order valence-electron chi connectivity index (χ1n) is 12.1. The summed E-state index contributed by atoms with van der Waals surface area (Å²) in [6.45, 7) is 8.17. The highest BCUT2D eigenvalue weighted by Gasteiger charge is 2.37. The van der Waals surface area contributed by atoms with Crippen LogP contribution in [0.25, 0.3) is 11.8 Å². The van der Waals surface area contributed by atoms with Crippen molar-refractivity contribution in [3.63, 3.8) is 0 Å².